The molecule has 1 heterocycles. The Morgan fingerprint density at radius 3 is 2.25 bits per heavy atom. The van der Waals surface area contributed by atoms with Crippen molar-refractivity contribution in [1.82, 2.24) is 9.62 Å². The minimum Gasteiger partial charge on any atom is -0.497 e. The Balaban J connectivity index is 1.52. The van der Waals surface area contributed by atoms with Crippen LogP contribution in [0.5, 0.6) is 5.75 Å². The van der Waals surface area contributed by atoms with Gasteiger partial charge in [0.25, 0.3) is 0 Å². The Hall–Kier alpha value is -2.38. The van der Waals surface area contributed by atoms with E-state index in [1.807, 2.05) is 31.2 Å². The fourth-order valence-electron chi connectivity index (χ4n) is 3.28. The van der Waals surface area contributed by atoms with E-state index in [0.29, 0.717) is 32.4 Å². The predicted octanol–water partition coefficient (Wildman–Crippen LogP) is 2.52. The van der Waals surface area contributed by atoms with Gasteiger partial charge in [-0.2, -0.15) is 0 Å². The smallest absolute Gasteiger partial charge is 0.240 e. The number of ether oxygens (including phenoxy) is 1. The molecule has 150 valence electrons. The summed E-state index contributed by atoms with van der Waals surface area (Å²) in [4.78, 5) is 14.6. The second-order valence-electron chi connectivity index (χ2n) is 7.11. The molecule has 0 atom stereocenters. The number of nitrogens with zero attached hydrogens (tertiary/aromatic N) is 1. The Bertz CT molecular complexity index is 900. The van der Waals surface area contributed by atoms with Gasteiger partial charge in [0.05, 0.1) is 18.4 Å². The second-order valence-corrected chi connectivity index (χ2v) is 8.83. The number of methoxy groups -OCH3 is 1. The van der Waals surface area contributed by atoms with E-state index in [4.69, 9.17) is 4.74 Å². The fraction of sp³-hybridized carbons (Fsp3) is 0.381. The van der Waals surface area contributed by atoms with Crippen LogP contribution in [-0.4, -0.2) is 45.5 Å². The molecule has 2 aromatic carbocycles. The van der Waals surface area contributed by atoms with Crippen LogP contribution in [0.4, 0.5) is 0 Å². The summed E-state index contributed by atoms with van der Waals surface area (Å²) in [6.07, 6.45) is 1.56. The molecule has 0 aliphatic carbocycles. The number of rotatable bonds is 6. The highest BCUT2D eigenvalue weighted by atomic mass is 32.2. The Labute approximate surface area is 166 Å². The lowest BCUT2D eigenvalue weighted by Gasteiger charge is -2.32. The molecule has 28 heavy (non-hydrogen) atoms. The van der Waals surface area contributed by atoms with E-state index in [2.05, 4.69) is 4.72 Å². The molecule has 1 aliphatic heterocycles. The largest absolute Gasteiger partial charge is 0.497 e. The number of piperidine rings is 1. The van der Waals surface area contributed by atoms with Gasteiger partial charge in [-0.25, -0.2) is 13.1 Å². The molecular formula is C21H26N2O4S. The maximum Gasteiger partial charge on any atom is 0.240 e. The molecule has 3 rings (SSSR count). The maximum atomic E-state index is 12.5. The number of hydrogen-bond acceptors (Lipinski definition) is 4. The van der Waals surface area contributed by atoms with Gasteiger partial charge in [0, 0.05) is 19.1 Å². The van der Waals surface area contributed by atoms with Crippen LogP contribution in [0.25, 0.3) is 0 Å². The molecular weight excluding hydrogens is 376 g/mol. The third-order valence-electron chi connectivity index (χ3n) is 5.02. The van der Waals surface area contributed by atoms with Crippen LogP contribution in [0.15, 0.2) is 53.4 Å². The Morgan fingerprint density at radius 2 is 1.68 bits per heavy atom. The lowest BCUT2D eigenvalue weighted by Crippen LogP contribution is -2.46. The topological polar surface area (TPSA) is 75.7 Å². The van der Waals surface area contributed by atoms with Crippen molar-refractivity contribution in [2.24, 2.45) is 0 Å². The van der Waals surface area contributed by atoms with Crippen molar-refractivity contribution in [2.75, 3.05) is 20.2 Å². The first-order chi connectivity index (χ1) is 13.4. The first-order valence-corrected chi connectivity index (χ1v) is 10.9. The number of aryl methyl sites for hydroxylation is 1. The van der Waals surface area contributed by atoms with Crippen molar-refractivity contribution >= 4 is 15.9 Å². The molecule has 6 nitrogen and oxygen atoms in total. The number of hydrogen-bond donors (Lipinski definition) is 1. The number of amides is 1. The van der Waals surface area contributed by atoms with Crippen LogP contribution in [0, 0.1) is 6.92 Å². The van der Waals surface area contributed by atoms with Gasteiger partial charge in [-0.05, 0) is 49.6 Å². The zero-order valence-corrected chi connectivity index (χ0v) is 17.0. The standard InChI is InChI=1S/C21H26N2O4S/c1-16-3-9-20(10-4-16)28(25,26)22-18-11-13-23(14-12-18)21(24)15-17-5-7-19(27-2)8-6-17/h3-10,18,22H,11-15H2,1-2H3. The maximum absolute atomic E-state index is 12.5. The SMILES string of the molecule is COc1ccc(CC(=O)N2CCC(NS(=O)(=O)c3ccc(C)cc3)CC2)cc1. The van der Waals surface area contributed by atoms with E-state index in [1.165, 1.54) is 0 Å². The quantitative estimate of drug-likeness (QED) is 0.806. The van der Waals surface area contributed by atoms with Crippen LogP contribution in [0.2, 0.25) is 0 Å². The summed E-state index contributed by atoms with van der Waals surface area (Å²) in [5.41, 5.74) is 1.95. The number of likely N-dealkylation sites (tertiary alicyclic amines) is 1. The lowest BCUT2D eigenvalue weighted by atomic mass is 10.0. The number of nitrogens with one attached hydrogen (secondary N) is 1. The van der Waals surface area contributed by atoms with Crippen LogP contribution in [0.3, 0.4) is 0 Å². The fourth-order valence-corrected chi connectivity index (χ4v) is 4.59. The molecule has 0 unspecified atom stereocenters. The zero-order valence-electron chi connectivity index (χ0n) is 16.2. The molecule has 0 radical (unpaired) electrons. The van der Waals surface area contributed by atoms with Crippen molar-refractivity contribution in [3.63, 3.8) is 0 Å². The minimum absolute atomic E-state index is 0.0602. The summed E-state index contributed by atoms with van der Waals surface area (Å²) in [5.74, 6) is 0.822. The second kappa shape index (κ2) is 8.75. The van der Waals surface area contributed by atoms with Crippen LogP contribution in [-0.2, 0) is 21.2 Å². The predicted molar refractivity (Wildman–Crippen MR) is 108 cm³/mol. The first-order valence-electron chi connectivity index (χ1n) is 9.37. The van der Waals surface area contributed by atoms with Gasteiger partial charge in [-0.15, -0.1) is 0 Å². The monoisotopic (exact) mass is 402 g/mol. The van der Waals surface area contributed by atoms with Gasteiger partial charge >= 0.3 is 0 Å². The van der Waals surface area contributed by atoms with Gasteiger partial charge in [0.2, 0.25) is 15.9 Å². The lowest BCUT2D eigenvalue weighted by molar-refractivity contribution is -0.131. The first kappa shape index (κ1) is 20.4. The average Bonchev–Trinajstić information content (AvgIpc) is 2.69. The van der Waals surface area contributed by atoms with E-state index >= 15 is 0 Å². The molecule has 1 aliphatic rings. The van der Waals surface area contributed by atoms with Crippen LogP contribution in [0.1, 0.15) is 24.0 Å². The molecule has 1 N–H and O–H groups in total. The number of carbonyl (C=O) groups is 1. The number of sulfonamides is 1. The van der Waals surface area contributed by atoms with Crippen molar-refractivity contribution in [3.05, 3.63) is 59.7 Å². The van der Waals surface area contributed by atoms with E-state index in [1.54, 1.807) is 36.3 Å². The summed E-state index contributed by atoms with van der Waals surface area (Å²) >= 11 is 0. The van der Waals surface area contributed by atoms with Gasteiger partial charge < -0.3 is 9.64 Å². The molecule has 1 fully saturated rings. The van der Waals surface area contributed by atoms with Crippen molar-refractivity contribution in [3.8, 4) is 5.75 Å². The van der Waals surface area contributed by atoms with Crippen molar-refractivity contribution in [1.29, 1.82) is 0 Å². The van der Waals surface area contributed by atoms with Gasteiger partial charge in [-0.1, -0.05) is 29.8 Å². The highest BCUT2D eigenvalue weighted by molar-refractivity contribution is 7.89. The van der Waals surface area contributed by atoms with Crippen LogP contribution >= 0.6 is 0 Å². The van der Waals surface area contributed by atoms with Gasteiger partial charge in [0.15, 0.2) is 0 Å². The van der Waals surface area contributed by atoms with Gasteiger partial charge in [0.1, 0.15) is 5.75 Å². The summed E-state index contributed by atoms with van der Waals surface area (Å²) in [5, 5.41) is 0. The highest BCUT2D eigenvalue weighted by Crippen LogP contribution is 2.17. The summed E-state index contributed by atoms with van der Waals surface area (Å²) in [6, 6.07) is 14.1. The molecule has 1 amide bonds. The van der Waals surface area contributed by atoms with E-state index in [-0.39, 0.29) is 16.8 Å². The summed E-state index contributed by atoms with van der Waals surface area (Å²) in [7, 11) is -1.93. The normalized spacial score (nSPS) is 15.4. The Kier molecular flexibility index (Phi) is 6.36. The molecule has 1 saturated heterocycles. The molecule has 0 saturated carbocycles. The third-order valence-corrected chi connectivity index (χ3v) is 6.55. The number of benzene rings is 2. The average molecular weight is 403 g/mol. The summed E-state index contributed by atoms with van der Waals surface area (Å²) in [6.45, 7) is 3.02. The van der Waals surface area contributed by atoms with Crippen molar-refractivity contribution < 1.29 is 17.9 Å². The van der Waals surface area contributed by atoms with Crippen LogP contribution < -0.4 is 9.46 Å². The molecule has 0 aromatic heterocycles. The van der Waals surface area contributed by atoms with E-state index in [0.717, 1.165) is 16.9 Å². The third kappa shape index (κ3) is 5.11. The minimum atomic E-state index is -3.53. The Morgan fingerprint density at radius 1 is 1.07 bits per heavy atom. The zero-order chi connectivity index (χ0) is 20.1. The van der Waals surface area contributed by atoms with E-state index in [9.17, 15) is 13.2 Å². The molecule has 0 bridgehead atoms. The van der Waals surface area contributed by atoms with E-state index < -0.39 is 10.0 Å². The molecule has 2 aromatic rings. The number of carbonyl (C=O) groups excluding carboxylic acids is 1. The molecule has 7 heteroatoms. The van der Waals surface area contributed by atoms with Crippen molar-refractivity contribution in [2.45, 2.75) is 37.1 Å². The molecule has 0 spiro atoms. The van der Waals surface area contributed by atoms with Gasteiger partial charge in [-0.3, -0.25) is 4.79 Å². The highest BCUT2D eigenvalue weighted by Gasteiger charge is 2.26. The summed E-state index contributed by atoms with van der Waals surface area (Å²) < 4.78 is 32.9.